The van der Waals surface area contributed by atoms with Crippen molar-refractivity contribution in [2.24, 2.45) is 0 Å². The molecule has 7 heteroatoms. The van der Waals surface area contributed by atoms with E-state index in [1.807, 2.05) is 0 Å². The molecule has 0 spiro atoms. The molecule has 0 N–H and O–H groups in total. The molecule has 1 rings (SSSR count). The molecule has 0 radical (unpaired) electrons. The average Bonchev–Trinajstić information content (AvgIpc) is 2.67. The van der Waals surface area contributed by atoms with Crippen molar-refractivity contribution in [1.29, 1.82) is 0 Å². The molecule has 0 heterocycles. The summed E-state index contributed by atoms with van der Waals surface area (Å²) in [5.41, 5.74) is -0.631. The number of benzene rings is 1. The Morgan fingerprint density at radius 1 is 0.893 bits per heavy atom. The van der Waals surface area contributed by atoms with Gasteiger partial charge in [0.15, 0.2) is 17.5 Å². The topological polar surface area (TPSA) is 46.6 Å². The highest BCUT2D eigenvalue weighted by molar-refractivity contribution is 5.96. The average molecular weight is 401 g/mol. The number of ether oxygens (including phenoxy) is 1. The summed E-state index contributed by atoms with van der Waals surface area (Å²) in [6, 6.07) is 1.52. The lowest BCUT2D eigenvalue weighted by Gasteiger charge is -2.17. The molecule has 0 atom stereocenters. The standard InChI is InChI=1S/C21H30F3NO3/c1-3-4-5-6-7-8-9-10-11-14-28-18(26)15-25(2)21(27)16-12-13-17(22)20(24)19(16)23/h12-13H,3-11,14-15H2,1-2H3. The molecule has 0 bridgehead atoms. The van der Waals surface area contributed by atoms with Gasteiger partial charge in [0.2, 0.25) is 0 Å². The van der Waals surface area contributed by atoms with Crippen LogP contribution in [-0.2, 0) is 9.53 Å². The van der Waals surface area contributed by atoms with Crippen molar-refractivity contribution < 1.29 is 27.5 Å². The van der Waals surface area contributed by atoms with Gasteiger partial charge in [0.05, 0.1) is 12.2 Å². The van der Waals surface area contributed by atoms with E-state index in [2.05, 4.69) is 6.92 Å². The van der Waals surface area contributed by atoms with Crippen LogP contribution in [0.1, 0.15) is 75.1 Å². The number of nitrogens with zero attached hydrogens (tertiary/aromatic N) is 1. The van der Waals surface area contributed by atoms with Gasteiger partial charge < -0.3 is 9.64 Å². The lowest BCUT2D eigenvalue weighted by Crippen LogP contribution is -2.33. The third-order valence-corrected chi connectivity index (χ3v) is 4.49. The number of hydrogen-bond donors (Lipinski definition) is 0. The van der Waals surface area contributed by atoms with Gasteiger partial charge in [0, 0.05) is 7.05 Å². The monoisotopic (exact) mass is 401 g/mol. The number of amides is 1. The van der Waals surface area contributed by atoms with Gasteiger partial charge in [0.1, 0.15) is 6.54 Å². The zero-order valence-electron chi connectivity index (χ0n) is 16.7. The van der Waals surface area contributed by atoms with Crippen molar-refractivity contribution in [3.8, 4) is 0 Å². The molecule has 1 amide bonds. The summed E-state index contributed by atoms with van der Waals surface area (Å²) in [6.07, 6.45) is 10.3. The van der Waals surface area contributed by atoms with Crippen molar-refractivity contribution in [3.63, 3.8) is 0 Å². The molecule has 28 heavy (non-hydrogen) atoms. The van der Waals surface area contributed by atoms with E-state index in [0.29, 0.717) is 6.07 Å². The fourth-order valence-corrected chi connectivity index (χ4v) is 2.81. The Hall–Kier alpha value is -2.05. The second kappa shape index (κ2) is 13.2. The van der Waals surface area contributed by atoms with E-state index in [-0.39, 0.29) is 6.61 Å². The van der Waals surface area contributed by atoms with Crippen LogP contribution < -0.4 is 0 Å². The second-order valence-corrected chi connectivity index (χ2v) is 6.93. The summed E-state index contributed by atoms with van der Waals surface area (Å²) in [5.74, 6) is -6.21. The first-order valence-electron chi connectivity index (χ1n) is 9.93. The molecule has 0 aliphatic carbocycles. The van der Waals surface area contributed by atoms with Gasteiger partial charge in [-0.2, -0.15) is 0 Å². The Labute approximate surface area is 165 Å². The minimum Gasteiger partial charge on any atom is -0.464 e. The Bertz CT molecular complexity index is 638. The smallest absolute Gasteiger partial charge is 0.325 e. The molecule has 0 aromatic heterocycles. The molecule has 0 aliphatic rings. The van der Waals surface area contributed by atoms with Crippen LogP contribution in [0.5, 0.6) is 0 Å². The van der Waals surface area contributed by atoms with E-state index in [9.17, 15) is 22.8 Å². The summed E-state index contributed by atoms with van der Waals surface area (Å²) in [5, 5.41) is 0. The normalized spacial score (nSPS) is 10.8. The molecule has 0 saturated heterocycles. The van der Waals surface area contributed by atoms with E-state index < -0.39 is 41.4 Å². The van der Waals surface area contributed by atoms with Crippen LogP contribution in [0.2, 0.25) is 0 Å². The third kappa shape index (κ3) is 8.31. The number of hydrogen-bond acceptors (Lipinski definition) is 3. The summed E-state index contributed by atoms with van der Waals surface area (Å²) < 4.78 is 44.9. The maximum atomic E-state index is 13.7. The molecule has 0 aliphatic heterocycles. The second-order valence-electron chi connectivity index (χ2n) is 6.93. The molecule has 158 valence electrons. The van der Waals surface area contributed by atoms with Crippen LogP contribution in [0.15, 0.2) is 12.1 Å². The molecular weight excluding hydrogens is 371 g/mol. The predicted octanol–water partition coefficient (Wildman–Crippen LogP) is 5.25. The van der Waals surface area contributed by atoms with Crippen LogP contribution in [0.25, 0.3) is 0 Å². The van der Waals surface area contributed by atoms with E-state index in [1.165, 1.54) is 45.6 Å². The van der Waals surface area contributed by atoms with Gasteiger partial charge in [-0.15, -0.1) is 0 Å². The highest BCUT2D eigenvalue weighted by Gasteiger charge is 2.22. The number of carbonyl (C=O) groups is 2. The number of unbranched alkanes of at least 4 members (excludes halogenated alkanes) is 8. The van der Waals surface area contributed by atoms with Crippen molar-refractivity contribution in [1.82, 2.24) is 4.90 Å². The van der Waals surface area contributed by atoms with E-state index >= 15 is 0 Å². The van der Waals surface area contributed by atoms with Gasteiger partial charge >= 0.3 is 5.97 Å². The predicted molar refractivity (Wildman–Crippen MR) is 101 cm³/mol. The zero-order valence-corrected chi connectivity index (χ0v) is 16.7. The van der Waals surface area contributed by atoms with E-state index in [0.717, 1.165) is 30.2 Å². The van der Waals surface area contributed by atoms with Gasteiger partial charge in [-0.1, -0.05) is 58.3 Å². The minimum absolute atomic E-state index is 0.260. The Balaban J connectivity index is 2.23. The summed E-state index contributed by atoms with van der Waals surface area (Å²) in [7, 11) is 1.27. The van der Waals surface area contributed by atoms with Crippen LogP contribution in [-0.4, -0.2) is 37.0 Å². The van der Waals surface area contributed by atoms with Crippen LogP contribution >= 0.6 is 0 Å². The van der Waals surface area contributed by atoms with E-state index in [1.54, 1.807) is 0 Å². The fourth-order valence-electron chi connectivity index (χ4n) is 2.81. The number of esters is 1. The quantitative estimate of drug-likeness (QED) is 0.258. The first-order chi connectivity index (χ1) is 13.4. The highest BCUT2D eigenvalue weighted by Crippen LogP contribution is 2.16. The summed E-state index contributed by atoms with van der Waals surface area (Å²) in [6.45, 7) is 2.06. The summed E-state index contributed by atoms with van der Waals surface area (Å²) >= 11 is 0. The fraction of sp³-hybridized carbons (Fsp3) is 0.619. The lowest BCUT2D eigenvalue weighted by atomic mass is 10.1. The molecular formula is C21H30F3NO3. The lowest BCUT2D eigenvalue weighted by molar-refractivity contribution is -0.144. The molecule has 1 aromatic rings. The van der Waals surface area contributed by atoms with Gasteiger partial charge in [-0.3, -0.25) is 9.59 Å². The number of likely N-dealkylation sites (N-methyl/N-ethyl adjacent to an activating group) is 1. The first-order valence-corrected chi connectivity index (χ1v) is 9.93. The molecule has 4 nitrogen and oxygen atoms in total. The van der Waals surface area contributed by atoms with Crippen LogP contribution in [0.3, 0.4) is 0 Å². The largest absolute Gasteiger partial charge is 0.464 e. The Kier molecular flexibility index (Phi) is 11.3. The van der Waals surface area contributed by atoms with Crippen molar-refractivity contribution in [2.45, 2.75) is 64.7 Å². The minimum atomic E-state index is -1.72. The number of halogens is 3. The van der Waals surface area contributed by atoms with Gasteiger partial charge in [0.25, 0.3) is 5.91 Å². The van der Waals surface area contributed by atoms with Crippen molar-refractivity contribution in [2.75, 3.05) is 20.2 Å². The zero-order chi connectivity index (χ0) is 20.9. The van der Waals surface area contributed by atoms with Crippen LogP contribution in [0, 0.1) is 17.5 Å². The SMILES string of the molecule is CCCCCCCCCCCOC(=O)CN(C)C(=O)c1ccc(F)c(F)c1F. The molecule has 0 unspecified atom stereocenters. The van der Waals surface area contributed by atoms with Gasteiger partial charge in [-0.05, 0) is 18.6 Å². The maximum Gasteiger partial charge on any atom is 0.325 e. The van der Waals surface area contributed by atoms with Crippen molar-refractivity contribution >= 4 is 11.9 Å². The number of carbonyl (C=O) groups excluding carboxylic acids is 2. The highest BCUT2D eigenvalue weighted by atomic mass is 19.2. The van der Waals surface area contributed by atoms with Crippen LogP contribution in [0.4, 0.5) is 13.2 Å². The molecule has 0 saturated carbocycles. The Morgan fingerprint density at radius 2 is 1.46 bits per heavy atom. The molecule has 1 aromatic carbocycles. The first kappa shape index (κ1) is 24.0. The third-order valence-electron chi connectivity index (χ3n) is 4.49. The Morgan fingerprint density at radius 3 is 2.07 bits per heavy atom. The maximum absolute atomic E-state index is 13.7. The number of rotatable bonds is 13. The van der Waals surface area contributed by atoms with Gasteiger partial charge in [-0.25, -0.2) is 13.2 Å². The van der Waals surface area contributed by atoms with E-state index in [4.69, 9.17) is 4.74 Å². The summed E-state index contributed by atoms with van der Waals surface area (Å²) in [4.78, 5) is 24.8. The molecule has 0 fully saturated rings. The van der Waals surface area contributed by atoms with Crippen molar-refractivity contribution in [3.05, 3.63) is 35.1 Å².